The van der Waals surface area contributed by atoms with Gasteiger partial charge in [-0.3, -0.25) is 14.5 Å². The number of ketones is 1. The minimum absolute atomic E-state index is 0.101. The number of halogens is 1. The molecular formula is C13H17ClN2O3. The summed E-state index contributed by atoms with van der Waals surface area (Å²) in [6.45, 7) is 0.322. The molecule has 1 aromatic rings. The van der Waals surface area contributed by atoms with E-state index in [9.17, 15) is 9.59 Å². The van der Waals surface area contributed by atoms with Crippen LogP contribution in [0.5, 0.6) is 5.75 Å². The number of hydrogen-bond acceptors (Lipinski definition) is 4. The molecule has 0 saturated carbocycles. The Hall–Kier alpha value is -1.59. The minimum atomic E-state index is -0.136. The Morgan fingerprint density at radius 3 is 2.58 bits per heavy atom. The molecule has 6 heteroatoms. The van der Waals surface area contributed by atoms with Gasteiger partial charge in [-0.05, 0) is 25.2 Å². The van der Waals surface area contributed by atoms with Crippen LogP contribution < -0.4 is 10.1 Å². The molecule has 1 aromatic carbocycles. The molecule has 0 fully saturated rings. The standard InChI is InChI=1S/C13H17ClN2O3/c1-15-13(18)8-16(2)7-11(17)9-4-5-12(19-3)10(14)6-9/h4-6H,7-8H2,1-3H3,(H,15,18). The predicted molar refractivity (Wildman–Crippen MR) is 73.9 cm³/mol. The quantitative estimate of drug-likeness (QED) is 0.798. The van der Waals surface area contributed by atoms with Crippen LogP contribution in [-0.2, 0) is 4.79 Å². The van der Waals surface area contributed by atoms with Gasteiger partial charge in [0.05, 0.1) is 25.2 Å². The number of Topliss-reactive ketones (excluding diaryl/α,β-unsaturated/α-hetero) is 1. The third kappa shape index (κ3) is 4.54. The lowest BCUT2D eigenvalue weighted by molar-refractivity contribution is -0.121. The van der Waals surface area contributed by atoms with E-state index in [2.05, 4.69) is 5.32 Å². The molecule has 0 heterocycles. The molecule has 1 amide bonds. The molecule has 104 valence electrons. The van der Waals surface area contributed by atoms with Crippen molar-refractivity contribution < 1.29 is 14.3 Å². The zero-order chi connectivity index (χ0) is 14.4. The molecular weight excluding hydrogens is 268 g/mol. The maximum absolute atomic E-state index is 12.0. The summed E-state index contributed by atoms with van der Waals surface area (Å²) < 4.78 is 5.02. The summed E-state index contributed by atoms with van der Waals surface area (Å²) in [4.78, 5) is 24.8. The highest BCUT2D eigenvalue weighted by Gasteiger charge is 2.13. The van der Waals surface area contributed by atoms with E-state index < -0.39 is 0 Å². The SMILES string of the molecule is CNC(=O)CN(C)CC(=O)c1ccc(OC)c(Cl)c1. The number of amides is 1. The molecule has 0 aromatic heterocycles. The second-order valence-electron chi connectivity index (χ2n) is 4.12. The summed E-state index contributed by atoms with van der Waals surface area (Å²) in [7, 11) is 4.78. The first-order valence-corrected chi connectivity index (χ1v) is 6.11. The van der Waals surface area contributed by atoms with Crippen LogP contribution in [0.2, 0.25) is 5.02 Å². The van der Waals surface area contributed by atoms with E-state index in [1.165, 1.54) is 7.11 Å². The number of hydrogen-bond donors (Lipinski definition) is 1. The molecule has 0 unspecified atom stereocenters. The van der Waals surface area contributed by atoms with Gasteiger partial charge in [0.2, 0.25) is 5.91 Å². The average molecular weight is 285 g/mol. The van der Waals surface area contributed by atoms with E-state index in [0.29, 0.717) is 16.3 Å². The number of nitrogens with zero attached hydrogens (tertiary/aromatic N) is 1. The first kappa shape index (κ1) is 15.5. The molecule has 1 rings (SSSR count). The zero-order valence-electron chi connectivity index (χ0n) is 11.2. The molecule has 0 radical (unpaired) electrons. The second-order valence-corrected chi connectivity index (χ2v) is 4.53. The number of likely N-dealkylation sites (N-methyl/N-ethyl adjacent to an activating group) is 2. The Labute approximate surface area is 117 Å². The van der Waals surface area contributed by atoms with Gasteiger partial charge in [-0.1, -0.05) is 11.6 Å². The normalized spacial score (nSPS) is 10.4. The fourth-order valence-corrected chi connectivity index (χ4v) is 1.81. The highest BCUT2D eigenvalue weighted by atomic mass is 35.5. The van der Waals surface area contributed by atoms with Gasteiger partial charge >= 0.3 is 0 Å². The van der Waals surface area contributed by atoms with Crippen molar-refractivity contribution in [3.63, 3.8) is 0 Å². The van der Waals surface area contributed by atoms with Crippen LogP contribution in [0, 0.1) is 0 Å². The van der Waals surface area contributed by atoms with Gasteiger partial charge < -0.3 is 10.1 Å². The Kier molecular flexibility index (Phi) is 5.79. The monoisotopic (exact) mass is 284 g/mol. The van der Waals surface area contributed by atoms with E-state index in [1.807, 2.05) is 0 Å². The first-order valence-electron chi connectivity index (χ1n) is 5.73. The van der Waals surface area contributed by atoms with Crippen molar-refractivity contribution in [2.45, 2.75) is 0 Å². The van der Waals surface area contributed by atoms with E-state index in [-0.39, 0.29) is 24.8 Å². The van der Waals surface area contributed by atoms with Crippen molar-refractivity contribution in [3.8, 4) is 5.75 Å². The Morgan fingerprint density at radius 1 is 1.37 bits per heavy atom. The van der Waals surface area contributed by atoms with Gasteiger partial charge in [0.1, 0.15) is 5.75 Å². The molecule has 0 aliphatic carbocycles. The Morgan fingerprint density at radius 2 is 2.05 bits per heavy atom. The summed E-state index contributed by atoms with van der Waals surface area (Å²) in [6.07, 6.45) is 0. The molecule has 0 aliphatic heterocycles. The van der Waals surface area contributed by atoms with E-state index >= 15 is 0 Å². The van der Waals surface area contributed by atoms with Crippen molar-refractivity contribution in [3.05, 3.63) is 28.8 Å². The van der Waals surface area contributed by atoms with Gasteiger partial charge in [0.15, 0.2) is 5.78 Å². The summed E-state index contributed by atoms with van der Waals surface area (Å²) in [6, 6.07) is 4.87. The first-order chi connectivity index (χ1) is 8.97. The lowest BCUT2D eigenvalue weighted by atomic mass is 10.1. The fraction of sp³-hybridized carbons (Fsp3) is 0.385. The zero-order valence-corrected chi connectivity index (χ0v) is 12.0. The number of carbonyl (C=O) groups is 2. The Balaban J connectivity index is 2.68. The number of benzene rings is 1. The Bertz CT molecular complexity index is 477. The van der Waals surface area contributed by atoms with Crippen LogP contribution in [0.3, 0.4) is 0 Å². The highest BCUT2D eigenvalue weighted by Crippen LogP contribution is 2.25. The number of rotatable bonds is 6. The van der Waals surface area contributed by atoms with Gasteiger partial charge in [-0.15, -0.1) is 0 Å². The summed E-state index contributed by atoms with van der Waals surface area (Å²) in [5, 5.41) is 2.89. The number of ether oxygens (including phenoxy) is 1. The van der Waals surface area contributed by atoms with E-state index in [1.54, 1.807) is 37.2 Å². The maximum Gasteiger partial charge on any atom is 0.233 e. The average Bonchev–Trinajstić information content (AvgIpc) is 2.38. The summed E-state index contributed by atoms with van der Waals surface area (Å²) >= 11 is 5.96. The van der Waals surface area contributed by atoms with Crippen LogP contribution in [0.25, 0.3) is 0 Å². The van der Waals surface area contributed by atoms with E-state index in [4.69, 9.17) is 16.3 Å². The van der Waals surface area contributed by atoms with Crippen molar-refractivity contribution in [1.29, 1.82) is 0 Å². The van der Waals surface area contributed by atoms with Crippen LogP contribution in [0.1, 0.15) is 10.4 Å². The molecule has 19 heavy (non-hydrogen) atoms. The largest absolute Gasteiger partial charge is 0.495 e. The van der Waals surface area contributed by atoms with Crippen LogP contribution >= 0.6 is 11.6 Å². The van der Waals surface area contributed by atoms with E-state index in [0.717, 1.165) is 0 Å². The third-order valence-corrected chi connectivity index (χ3v) is 2.88. The molecule has 0 bridgehead atoms. The number of nitrogens with one attached hydrogen (secondary N) is 1. The van der Waals surface area contributed by atoms with Crippen LogP contribution in [-0.4, -0.2) is 50.9 Å². The summed E-state index contributed by atoms with van der Waals surface area (Å²) in [5.41, 5.74) is 0.495. The van der Waals surface area contributed by atoms with Crippen LogP contribution in [0.4, 0.5) is 0 Å². The minimum Gasteiger partial charge on any atom is -0.495 e. The van der Waals surface area contributed by atoms with Gasteiger partial charge in [-0.2, -0.15) is 0 Å². The van der Waals surface area contributed by atoms with Crippen molar-refractivity contribution in [2.75, 3.05) is 34.3 Å². The topological polar surface area (TPSA) is 58.6 Å². The molecule has 0 atom stereocenters. The van der Waals surface area contributed by atoms with Crippen molar-refractivity contribution in [1.82, 2.24) is 10.2 Å². The smallest absolute Gasteiger partial charge is 0.233 e. The van der Waals surface area contributed by atoms with Crippen LogP contribution in [0.15, 0.2) is 18.2 Å². The molecule has 0 aliphatic rings. The second kappa shape index (κ2) is 7.11. The molecule has 0 spiro atoms. The molecule has 1 N–H and O–H groups in total. The number of methoxy groups -OCH3 is 1. The fourth-order valence-electron chi connectivity index (χ4n) is 1.56. The predicted octanol–water partition coefficient (Wildman–Crippen LogP) is 1.21. The lowest BCUT2D eigenvalue weighted by Crippen LogP contribution is -2.36. The van der Waals surface area contributed by atoms with Crippen molar-refractivity contribution in [2.24, 2.45) is 0 Å². The van der Waals surface area contributed by atoms with Crippen molar-refractivity contribution >= 4 is 23.3 Å². The molecule has 0 saturated heterocycles. The molecule has 5 nitrogen and oxygen atoms in total. The van der Waals surface area contributed by atoms with Gasteiger partial charge in [-0.25, -0.2) is 0 Å². The number of carbonyl (C=O) groups excluding carboxylic acids is 2. The summed E-state index contributed by atoms with van der Waals surface area (Å²) in [5.74, 6) is 0.288. The lowest BCUT2D eigenvalue weighted by Gasteiger charge is -2.14. The van der Waals surface area contributed by atoms with Gasteiger partial charge in [0, 0.05) is 12.6 Å². The highest BCUT2D eigenvalue weighted by molar-refractivity contribution is 6.32. The third-order valence-electron chi connectivity index (χ3n) is 2.58. The maximum atomic E-state index is 12.0. The van der Waals surface area contributed by atoms with Gasteiger partial charge in [0.25, 0.3) is 0 Å².